The highest BCUT2D eigenvalue weighted by Gasteiger charge is 2.28. The molecule has 1 saturated heterocycles. The lowest BCUT2D eigenvalue weighted by atomic mass is 10.00. The van der Waals surface area contributed by atoms with E-state index < -0.39 is 22.2 Å². The molecule has 0 aliphatic carbocycles. The van der Waals surface area contributed by atoms with Crippen molar-refractivity contribution in [2.75, 3.05) is 41.6 Å². The molecule has 1 heterocycles. The van der Waals surface area contributed by atoms with Gasteiger partial charge in [-0.15, -0.1) is 0 Å². The Balaban J connectivity index is 1.84. The minimum atomic E-state index is -3.42. The van der Waals surface area contributed by atoms with Crippen molar-refractivity contribution < 1.29 is 18.3 Å². The molecule has 2 aromatic carbocycles. The monoisotopic (exact) mass is 516 g/mol. The van der Waals surface area contributed by atoms with Gasteiger partial charge in [0.25, 0.3) is 5.91 Å². The Kier molecular flexibility index (Phi) is 10.6. The summed E-state index contributed by atoms with van der Waals surface area (Å²) in [7, 11) is -3.42. The molecule has 1 aliphatic rings. The number of aliphatic hydroxyl groups excluding tert-OH is 1. The van der Waals surface area contributed by atoms with Crippen molar-refractivity contribution in [3.63, 3.8) is 0 Å². The summed E-state index contributed by atoms with van der Waals surface area (Å²) in [6, 6.07) is 14.4. The Morgan fingerprint density at radius 2 is 1.89 bits per heavy atom. The second-order valence-electron chi connectivity index (χ2n) is 9.29. The Bertz CT molecular complexity index is 1080. The summed E-state index contributed by atoms with van der Waals surface area (Å²) < 4.78 is 26.8. The second-order valence-corrected chi connectivity index (χ2v) is 11.3. The van der Waals surface area contributed by atoms with Crippen LogP contribution in [0.15, 0.2) is 48.5 Å². The maximum Gasteiger partial charge on any atom is 0.251 e. The number of carbonyl (C=O) groups is 1. The molecule has 9 heteroatoms. The maximum atomic E-state index is 13.4. The van der Waals surface area contributed by atoms with Crippen LogP contribution in [0.5, 0.6) is 0 Å². The molecule has 0 saturated carbocycles. The van der Waals surface area contributed by atoms with E-state index in [4.69, 9.17) is 0 Å². The lowest BCUT2D eigenvalue weighted by Gasteiger charge is -2.29. The first-order valence-corrected chi connectivity index (χ1v) is 14.6. The number of hydrogen-bond acceptors (Lipinski definition) is 6. The molecule has 198 valence electrons. The maximum absolute atomic E-state index is 13.4. The second kappa shape index (κ2) is 13.6. The van der Waals surface area contributed by atoms with E-state index in [1.165, 1.54) is 4.31 Å². The third kappa shape index (κ3) is 7.94. The Hall–Kier alpha value is -2.62. The van der Waals surface area contributed by atoms with E-state index >= 15 is 0 Å². The summed E-state index contributed by atoms with van der Waals surface area (Å²) in [5, 5.41) is 20.4. The van der Waals surface area contributed by atoms with Crippen LogP contribution in [0.2, 0.25) is 0 Å². The number of unbranched alkanes of at least 4 members (excludes halogenated alkanes) is 1. The first-order valence-electron chi connectivity index (χ1n) is 13.0. The number of aliphatic hydroxyl groups is 1. The van der Waals surface area contributed by atoms with Gasteiger partial charge >= 0.3 is 0 Å². The van der Waals surface area contributed by atoms with E-state index in [1.54, 1.807) is 18.2 Å². The van der Waals surface area contributed by atoms with Crippen LogP contribution >= 0.6 is 0 Å². The molecule has 8 nitrogen and oxygen atoms in total. The zero-order chi connectivity index (χ0) is 26.0. The topological polar surface area (TPSA) is 111 Å². The van der Waals surface area contributed by atoms with Gasteiger partial charge in [0.1, 0.15) is 0 Å². The average molecular weight is 517 g/mol. The normalized spacial score (nSPS) is 16.8. The Morgan fingerprint density at radius 3 is 2.58 bits per heavy atom. The van der Waals surface area contributed by atoms with Crippen LogP contribution in [-0.4, -0.2) is 63.5 Å². The number of sulfonamides is 1. The SMILES string of the molecule is CCCCNC[C@@H](O)[C@H](Cc1ccccc1)NC(=O)c1cc(NCC)cc(N2CCCCS2(=O)=O)c1. The van der Waals surface area contributed by atoms with Gasteiger partial charge in [-0.3, -0.25) is 9.10 Å². The molecule has 4 N–H and O–H groups in total. The number of nitrogens with one attached hydrogen (secondary N) is 3. The quantitative estimate of drug-likeness (QED) is 0.305. The highest BCUT2D eigenvalue weighted by atomic mass is 32.2. The zero-order valence-corrected chi connectivity index (χ0v) is 22.2. The largest absolute Gasteiger partial charge is 0.390 e. The van der Waals surface area contributed by atoms with Gasteiger partial charge in [-0.05, 0) is 62.9 Å². The van der Waals surface area contributed by atoms with E-state index in [-0.39, 0.29) is 11.7 Å². The van der Waals surface area contributed by atoms with E-state index in [9.17, 15) is 18.3 Å². The molecule has 3 rings (SSSR count). The number of anilines is 2. The number of nitrogens with zero attached hydrogens (tertiary/aromatic N) is 1. The van der Waals surface area contributed by atoms with Crippen LogP contribution in [0.1, 0.15) is 55.5 Å². The number of benzene rings is 2. The van der Waals surface area contributed by atoms with Gasteiger partial charge in [0, 0.05) is 30.9 Å². The molecule has 1 amide bonds. The summed E-state index contributed by atoms with van der Waals surface area (Å²) in [6.45, 7) is 6.27. The third-order valence-electron chi connectivity index (χ3n) is 6.34. The molecular formula is C27H40N4O4S. The Morgan fingerprint density at radius 1 is 1.11 bits per heavy atom. The third-order valence-corrected chi connectivity index (χ3v) is 8.21. The molecule has 0 bridgehead atoms. The molecule has 2 aromatic rings. The summed E-state index contributed by atoms with van der Waals surface area (Å²) >= 11 is 0. The fraction of sp³-hybridized carbons (Fsp3) is 0.519. The van der Waals surface area contributed by atoms with Crippen LogP contribution in [0.25, 0.3) is 0 Å². The van der Waals surface area contributed by atoms with Gasteiger partial charge in [-0.2, -0.15) is 0 Å². The summed E-state index contributed by atoms with van der Waals surface area (Å²) in [4.78, 5) is 13.4. The van der Waals surface area contributed by atoms with Crippen molar-refractivity contribution in [3.8, 4) is 0 Å². The number of carbonyl (C=O) groups excluding carboxylic acids is 1. The zero-order valence-electron chi connectivity index (χ0n) is 21.4. The van der Waals surface area contributed by atoms with Gasteiger partial charge in [-0.1, -0.05) is 43.7 Å². The van der Waals surface area contributed by atoms with E-state index in [2.05, 4.69) is 22.9 Å². The fourth-order valence-corrected chi connectivity index (χ4v) is 5.99. The van der Waals surface area contributed by atoms with Crippen LogP contribution in [0.3, 0.4) is 0 Å². The van der Waals surface area contributed by atoms with Gasteiger partial charge in [-0.25, -0.2) is 8.42 Å². The summed E-state index contributed by atoms with van der Waals surface area (Å²) in [6.07, 6.45) is 3.19. The minimum Gasteiger partial charge on any atom is -0.390 e. The molecule has 1 fully saturated rings. The highest BCUT2D eigenvalue weighted by Crippen LogP contribution is 2.28. The van der Waals surface area contributed by atoms with E-state index in [0.29, 0.717) is 49.4 Å². The van der Waals surface area contributed by atoms with Crippen molar-refractivity contribution in [1.82, 2.24) is 10.6 Å². The molecule has 0 unspecified atom stereocenters. The molecule has 1 aliphatic heterocycles. The van der Waals surface area contributed by atoms with E-state index in [0.717, 1.165) is 31.4 Å². The predicted molar refractivity (Wildman–Crippen MR) is 146 cm³/mol. The van der Waals surface area contributed by atoms with Gasteiger partial charge in [0.2, 0.25) is 10.0 Å². The van der Waals surface area contributed by atoms with Crippen molar-refractivity contribution in [2.24, 2.45) is 0 Å². The van der Waals surface area contributed by atoms with Gasteiger partial charge < -0.3 is 21.1 Å². The van der Waals surface area contributed by atoms with Crippen LogP contribution in [0.4, 0.5) is 11.4 Å². The Labute approximate surface area is 215 Å². The van der Waals surface area contributed by atoms with Crippen LogP contribution in [-0.2, 0) is 16.4 Å². The first kappa shape index (κ1) is 28.0. The average Bonchev–Trinajstić information content (AvgIpc) is 2.86. The molecule has 0 radical (unpaired) electrons. The predicted octanol–water partition coefficient (Wildman–Crippen LogP) is 3.14. The van der Waals surface area contributed by atoms with Crippen LogP contribution < -0.4 is 20.3 Å². The van der Waals surface area contributed by atoms with E-state index in [1.807, 2.05) is 37.3 Å². The lowest BCUT2D eigenvalue weighted by molar-refractivity contribution is 0.0831. The fourth-order valence-electron chi connectivity index (χ4n) is 4.37. The smallest absolute Gasteiger partial charge is 0.251 e. The van der Waals surface area contributed by atoms with Crippen molar-refractivity contribution in [3.05, 3.63) is 59.7 Å². The van der Waals surface area contributed by atoms with Crippen molar-refractivity contribution in [1.29, 1.82) is 0 Å². The van der Waals surface area contributed by atoms with Gasteiger partial charge in [0.15, 0.2) is 0 Å². The number of amides is 1. The minimum absolute atomic E-state index is 0.107. The first-order chi connectivity index (χ1) is 17.3. The summed E-state index contributed by atoms with van der Waals surface area (Å²) in [5.74, 6) is -0.241. The van der Waals surface area contributed by atoms with Crippen molar-refractivity contribution in [2.45, 2.75) is 58.1 Å². The highest BCUT2D eigenvalue weighted by molar-refractivity contribution is 7.92. The number of rotatable bonds is 13. The standard InChI is InChI=1S/C27H40N4O4S/c1-3-5-13-28-20-26(32)25(16-21-11-7-6-8-12-21)30-27(33)22-17-23(29-4-2)19-24(18-22)31-14-9-10-15-36(31,34)35/h6-8,11-12,17-19,25-26,28-29,32H,3-5,9-10,13-16,20H2,1-2H3,(H,30,33)/t25-,26+/m0/s1. The molecule has 2 atom stereocenters. The number of hydrogen-bond donors (Lipinski definition) is 4. The van der Waals surface area contributed by atoms with Crippen LogP contribution in [0, 0.1) is 0 Å². The molecular weight excluding hydrogens is 476 g/mol. The van der Waals surface area contributed by atoms with Gasteiger partial charge in [0.05, 0.1) is 23.6 Å². The molecule has 36 heavy (non-hydrogen) atoms. The lowest BCUT2D eigenvalue weighted by Crippen LogP contribution is -2.49. The molecule has 0 aromatic heterocycles. The molecule has 0 spiro atoms. The van der Waals surface area contributed by atoms with Crippen molar-refractivity contribution >= 4 is 27.3 Å². The summed E-state index contributed by atoms with van der Waals surface area (Å²) in [5.41, 5.74) is 2.53.